The Morgan fingerprint density at radius 2 is 1.91 bits per heavy atom. The number of carboxylic acids is 1. The van der Waals surface area contributed by atoms with E-state index in [1.807, 2.05) is 6.92 Å². The van der Waals surface area contributed by atoms with Crippen LogP contribution in [0.5, 0.6) is 0 Å². The van der Waals surface area contributed by atoms with Crippen LogP contribution < -0.4 is 0 Å². The molecule has 0 bridgehead atoms. The maximum Gasteiger partial charge on any atom is 0.317 e. The summed E-state index contributed by atoms with van der Waals surface area (Å²) in [5, 5.41) is 8.37. The van der Waals surface area contributed by atoms with E-state index in [0.29, 0.717) is 6.54 Å². The molecule has 64 valence electrons. The molecule has 0 aromatic carbocycles. The van der Waals surface area contributed by atoms with E-state index in [2.05, 4.69) is 0 Å². The van der Waals surface area contributed by atoms with Crippen molar-refractivity contribution in [2.24, 2.45) is 0 Å². The lowest BCUT2D eigenvalue weighted by atomic mass is 10.4. The van der Waals surface area contributed by atoms with Gasteiger partial charge in [0.1, 0.15) is 5.78 Å². The molecular formula is C7H13NO3. The maximum atomic E-state index is 10.6. The zero-order chi connectivity index (χ0) is 8.85. The average Bonchev–Trinajstić information content (AvgIpc) is 1.84. The second-order valence-electron chi connectivity index (χ2n) is 2.40. The molecule has 0 heterocycles. The van der Waals surface area contributed by atoms with Gasteiger partial charge in [-0.05, 0) is 13.5 Å². The van der Waals surface area contributed by atoms with Crippen molar-refractivity contribution in [1.82, 2.24) is 4.90 Å². The number of carbonyl (C=O) groups excluding carboxylic acids is 1. The smallest absolute Gasteiger partial charge is 0.317 e. The fourth-order valence-electron chi connectivity index (χ4n) is 0.786. The van der Waals surface area contributed by atoms with Crippen LogP contribution in [0.1, 0.15) is 13.8 Å². The molecule has 0 aliphatic carbocycles. The molecule has 0 atom stereocenters. The number of Topliss-reactive ketones (excluding diaryl/α,β-unsaturated/α-hetero) is 1. The molecule has 0 unspecified atom stereocenters. The summed E-state index contributed by atoms with van der Waals surface area (Å²) in [6.07, 6.45) is 0. The summed E-state index contributed by atoms with van der Waals surface area (Å²) in [6, 6.07) is 0. The highest BCUT2D eigenvalue weighted by atomic mass is 16.4. The van der Waals surface area contributed by atoms with Crippen LogP contribution >= 0.6 is 0 Å². The Bertz CT molecular complexity index is 140. The Morgan fingerprint density at radius 1 is 1.36 bits per heavy atom. The van der Waals surface area contributed by atoms with Crippen LogP contribution in [0, 0.1) is 0 Å². The molecule has 0 spiro atoms. The standard InChI is InChI=1S/C7H13NO3/c1-3-8(4-6(2)9)5-7(10)11/h3-5H2,1-2H3,(H,10,11). The molecular weight excluding hydrogens is 146 g/mol. The lowest BCUT2D eigenvalue weighted by molar-refractivity contribution is -0.138. The summed E-state index contributed by atoms with van der Waals surface area (Å²) >= 11 is 0. The van der Waals surface area contributed by atoms with Crippen molar-refractivity contribution in [2.75, 3.05) is 19.6 Å². The van der Waals surface area contributed by atoms with Crippen molar-refractivity contribution in [3.05, 3.63) is 0 Å². The lowest BCUT2D eigenvalue weighted by Crippen LogP contribution is -2.33. The van der Waals surface area contributed by atoms with Crippen LogP contribution in [0.4, 0.5) is 0 Å². The van der Waals surface area contributed by atoms with E-state index in [4.69, 9.17) is 5.11 Å². The highest BCUT2D eigenvalue weighted by molar-refractivity contribution is 5.78. The second-order valence-corrected chi connectivity index (χ2v) is 2.40. The van der Waals surface area contributed by atoms with Gasteiger partial charge in [0.05, 0.1) is 13.1 Å². The number of carboxylic acid groups (broad SMARTS) is 1. The Kier molecular flexibility index (Phi) is 4.45. The van der Waals surface area contributed by atoms with Gasteiger partial charge in [0.25, 0.3) is 0 Å². The number of hydrogen-bond acceptors (Lipinski definition) is 3. The molecule has 0 amide bonds. The Morgan fingerprint density at radius 3 is 2.18 bits per heavy atom. The summed E-state index contributed by atoms with van der Waals surface area (Å²) in [7, 11) is 0. The number of rotatable bonds is 5. The number of hydrogen-bond donors (Lipinski definition) is 1. The largest absolute Gasteiger partial charge is 0.480 e. The molecule has 0 fully saturated rings. The van der Waals surface area contributed by atoms with Crippen molar-refractivity contribution >= 4 is 11.8 Å². The van der Waals surface area contributed by atoms with Crippen molar-refractivity contribution in [3.8, 4) is 0 Å². The molecule has 0 radical (unpaired) electrons. The summed E-state index contributed by atoms with van der Waals surface area (Å²) in [5.74, 6) is -0.902. The normalized spacial score (nSPS) is 10.1. The number of aliphatic carboxylic acids is 1. The van der Waals surface area contributed by atoms with Gasteiger partial charge in [-0.2, -0.15) is 0 Å². The van der Waals surface area contributed by atoms with Crippen LogP contribution in [0.15, 0.2) is 0 Å². The molecule has 0 rings (SSSR count). The third-order valence-corrected chi connectivity index (χ3v) is 1.25. The summed E-state index contributed by atoms with van der Waals surface area (Å²) in [6.45, 7) is 4.03. The Hall–Kier alpha value is -0.900. The molecule has 1 N–H and O–H groups in total. The molecule has 0 aliphatic heterocycles. The van der Waals surface area contributed by atoms with Crippen molar-refractivity contribution in [1.29, 1.82) is 0 Å². The van der Waals surface area contributed by atoms with Crippen LogP contribution in [0.3, 0.4) is 0 Å². The third kappa shape index (κ3) is 5.54. The molecule has 0 aromatic heterocycles. The van der Waals surface area contributed by atoms with Crippen molar-refractivity contribution in [3.63, 3.8) is 0 Å². The first-order valence-corrected chi connectivity index (χ1v) is 3.49. The van der Waals surface area contributed by atoms with E-state index in [0.717, 1.165) is 0 Å². The predicted octanol–water partition coefficient (Wildman–Crippen LogP) is -0.0181. The van der Waals surface area contributed by atoms with E-state index >= 15 is 0 Å². The SMILES string of the molecule is CCN(CC(C)=O)CC(=O)O. The van der Waals surface area contributed by atoms with Crippen LogP contribution in [0.2, 0.25) is 0 Å². The Labute approximate surface area is 65.8 Å². The zero-order valence-corrected chi connectivity index (χ0v) is 6.83. The molecule has 4 nitrogen and oxygen atoms in total. The summed E-state index contributed by atoms with van der Waals surface area (Å²) < 4.78 is 0. The minimum absolute atomic E-state index is 0.00639. The molecule has 0 saturated heterocycles. The van der Waals surface area contributed by atoms with Crippen molar-refractivity contribution < 1.29 is 14.7 Å². The van der Waals surface area contributed by atoms with E-state index in [9.17, 15) is 9.59 Å². The summed E-state index contributed by atoms with van der Waals surface area (Å²) in [5.41, 5.74) is 0. The van der Waals surface area contributed by atoms with Gasteiger partial charge in [0, 0.05) is 0 Å². The quantitative estimate of drug-likeness (QED) is 0.612. The van der Waals surface area contributed by atoms with E-state index in [-0.39, 0.29) is 18.9 Å². The fourth-order valence-corrected chi connectivity index (χ4v) is 0.786. The van der Waals surface area contributed by atoms with Gasteiger partial charge in [-0.1, -0.05) is 6.92 Å². The predicted molar refractivity (Wildman–Crippen MR) is 40.4 cm³/mol. The van der Waals surface area contributed by atoms with Gasteiger partial charge in [-0.15, -0.1) is 0 Å². The van der Waals surface area contributed by atoms with Gasteiger partial charge in [0.15, 0.2) is 0 Å². The van der Waals surface area contributed by atoms with Gasteiger partial charge in [-0.25, -0.2) is 0 Å². The number of carbonyl (C=O) groups is 2. The van der Waals surface area contributed by atoms with Crippen LogP contribution in [0.25, 0.3) is 0 Å². The second kappa shape index (κ2) is 4.85. The van der Waals surface area contributed by atoms with Gasteiger partial charge >= 0.3 is 5.97 Å². The third-order valence-electron chi connectivity index (χ3n) is 1.25. The van der Waals surface area contributed by atoms with E-state index < -0.39 is 5.97 Å². The first-order chi connectivity index (χ1) is 5.06. The Balaban J connectivity index is 3.76. The molecule has 0 saturated carbocycles. The topological polar surface area (TPSA) is 57.6 Å². The molecule has 0 aliphatic rings. The maximum absolute atomic E-state index is 10.6. The molecule has 11 heavy (non-hydrogen) atoms. The summed E-state index contributed by atoms with van der Waals surface area (Å²) in [4.78, 5) is 22.3. The van der Waals surface area contributed by atoms with Gasteiger partial charge in [-0.3, -0.25) is 14.5 Å². The monoisotopic (exact) mass is 159 g/mol. The first kappa shape index (κ1) is 10.1. The average molecular weight is 159 g/mol. The van der Waals surface area contributed by atoms with Crippen LogP contribution in [-0.4, -0.2) is 41.4 Å². The lowest BCUT2D eigenvalue weighted by Gasteiger charge is -2.14. The zero-order valence-electron chi connectivity index (χ0n) is 6.83. The van der Waals surface area contributed by atoms with Crippen LogP contribution in [-0.2, 0) is 9.59 Å². The molecule has 4 heteroatoms. The van der Waals surface area contributed by atoms with E-state index in [1.165, 1.54) is 6.92 Å². The van der Waals surface area contributed by atoms with Gasteiger partial charge < -0.3 is 5.11 Å². The van der Waals surface area contributed by atoms with E-state index in [1.54, 1.807) is 4.90 Å². The van der Waals surface area contributed by atoms with Gasteiger partial charge in [0.2, 0.25) is 0 Å². The number of ketones is 1. The highest BCUT2D eigenvalue weighted by Gasteiger charge is 2.08. The number of nitrogens with zero attached hydrogens (tertiary/aromatic N) is 1. The molecule has 0 aromatic rings. The van der Waals surface area contributed by atoms with Crippen molar-refractivity contribution in [2.45, 2.75) is 13.8 Å². The fraction of sp³-hybridized carbons (Fsp3) is 0.714. The first-order valence-electron chi connectivity index (χ1n) is 3.49. The highest BCUT2D eigenvalue weighted by Crippen LogP contribution is 1.87. The minimum atomic E-state index is -0.895. The number of likely N-dealkylation sites (N-methyl/N-ethyl adjacent to an activating group) is 1. The minimum Gasteiger partial charge on any atom is -0.480 e.